The summed E-state index contributed by atoms with van der Waals surface area (Å²) in [4.78, 5) is 30.1. The third-order valence-electron chi connectivity index (χ3n) is 3.26. The quantitative estimate of drug-likeness (QED) is 0.894. The molecule has 6 heteroatoms. The monoisotopic (exact) mass is 295 g/mol. The molecule has 22 heavy (non-hydrogen) atoms. The van der Waals surface area contributed by atoms with Gasteiger partial charge in [-0.3, -0.25) is 19.3 Å². The Hall–Kier alpha value is -3.15. The van der Waals surface area contributed by atoms with Crippen molar-refractivity contribution in [2.24, 2.45) is 4.99 Å². The van der Waals surface area contributed by atoms with E-state index in [4.69, 9.17) is 0 Å². The normalized spacial score (nSPS) is 14.8. The van der Waals surface area contributed by atoms with Crippen LogP contribution in [0.25, 0.3) is 6.08 Å². The van der Waals surface area contributed by atoms with Crippen molar-refractivity contribution >= 4 is 12.3 Å². The molecule has 3 rings (SSSR count). The predicted molar refractivity (Wildman–Crippen MR) is 84.1 cm³/mol. The smallest absolute Gasteiger partial charge is 0.331 e. The topological polar surface area (TPSA) is 87.5 Å². The SMILES string of the molecule is O=c1[nH]c(=O)n(Cc2ccccc2)c(O)c1C=C1C=CC=N1. The second-order valence-corrected chi connectivity index (χ2v) is 4.77. The number of hydrogen-bond acceptors (Lipinski definition) is 4. The van der Waals surface area contributed by atoms with Gasteiger partial charge in [-0.15, -0.1) is 0 Å². The standard InChI is InChI=1S/C16H13N3O3/c20-14-13(9-12-7-4-8-17-12)15(21)19(16(22)18-14)10-11-5-2-1-3-6-11/h1-9,21H,10H2,(H,18,20,22). The molecule has 0 spiro atoms. The van der Waals surface area contributed by atoms with Crippen LogP contribution in [0.3, 0.4) is 0 Å². The third kappa shape index (κ3) is 2.67. The average molecular weight is 295 g/mol. The fourth-order valence-electron chi connectivity index (χ4n) is 2.16. The van der Waals surface area contributed by atoms with Crippen LogP contribution in [0.1, 0.15) is 11.1 Å². The molecule has 0 unspecified atom stereocenters. The van der Waals surface area contributed by atoms with Crippen LogP contribution in [0.4, 0.5) is 0 Å². The summed E-state index contributed by atoms with van der Waals surface area (Å²) in [6.45, 7) is 0.164. The first-order valence-electron chi connectivity index (χ1n) is 6.67. The zero-order valence-electron chi connectivity index (χ0n) is 11.6. The summed E-state index contributed by atoms with van der Waals surface area (Å²) in [5.74, 6) is -0.374. The fraction of sp³-hybridized carbons (Fsp3) is 0.0625. The molecule has 2 aromatic rings. The number of aromatic amines is 1. The molecule has 0 amide bonds. The minimum absolute atomic E-state index is 0.00855. The number of aromatic nitrogens is 2. The highest BCUT2D eigenvalue weighted by atomic mass is 16.3. The van der Waals surface area contributed by atoms with Crippen LogP contribution >= 0.6 is 0 Å². The van der Waals surface area contributed by atoms with Crippen LogP contribution in [0.15, 0.2) is 62.8 Å². The molecular formula is C16H13N3O3. The molecule has 0 saturated carbocycles. The van der Waals surface area contributed by atoms with E-state index in [1.165, 1.54) is 6.08 Å². The first-order chi connectivity index (χ1) is 10.6. The summed E-state index contributed by atoms with van der Waals surface area (Å²) in [5, 5.41) is 10.3. The summed E-state index contributed by atoms with van der Waals surface area (Å²) in [5.41, 5.74) is 0.0815. The van der Waals surface area contributed by atoms with Crippen molar-refractivity contribution < 1.29 is 5.11 Å². The van der Waals surface area contributed by atoms with Crippen LogP contribution in [0, 0.1) is 0 Å². The Morgan fingerprint density at radius 3 is 2.68 bits per heavy atom. The highest BCUT2D eigenvalue weighted by molar-refractivity contribution is 5.79. The van der Waals surface area contributed by atoms with Crippen LogP contribution < -0.4 is 11.2 Å². The van der Waals surface area contributed by atoms with Crippen molar-refractivity contribution in [3.8, 4) is 5.88 Å². The van der Waals surface area contributed by atoms with E-state index in [2.05, 4.69) is 9.98 Å². The number of benzene rings is 1. The maximum atomic E-state index is 11.9. The highest BCUT2D eigenvalue weighted by Crippen LogP contribution is 2.17. The van der Waals surface area contributed by atoms with Crippen LogP contribution in [-0.2, 0) is 6.54 Å². The van der Waals surface area contributed by atoms with Gasteiger partial charge in [0.15, 0.2) is 0 Å². The Morgan fingerprint density at radius 2 is 2.00 bits per heavy atom. The van der Waals surface area contributed by atoms with Gasteiger partial charge in [0.05, 0.1) is 12.2 Å². The lowest BCUT2D eigenvalue weighted by Gasteiger charge is -2.10. The van der Waals surface area contributed by atoms with Gasteiger partial charge < -0.3 is 5.11 Å². The number of hydrogen-bond donors (Lipinski definition) is 2. The Labute approximate surface area is 125 Å². The molecule has 0 bridgehead atoms. The number of rotatable bonds is 3. The summed E-state index contributed by atoms with van der Waals surface area (Å²) >= 11 is 0. The third-order valence-corrected chi connectivity index (χ3v) is 3.26. The van der Waals surface area contributed by atoms with Crippen molar-refractivity contribution in [3.63, 3.8) is 0 Å². The minimum atomic E-state index is -0.654. The van der Waals surface area contributed by atoms with Gasteiger partial charge in [0.25, 0.3) is 5.56 Å². The lowest BCUT2D eigenvalue weighted by Crippen LogP contribution is -2.31. The van der Waals surface area contributed by atoms with E-state index in [0.29, 0.717) is 5.70 Å². The zero-order chi connectivity index (χ0) is 15.5. The van der Waals surface area contributed by atoms with Crippen molar-refractivity contribution in [2.45, 2.75) is 6.54 Å². The molecule has 2 N–H and O–H groups in total. The Bertz CT molecular complexity index is 888. The largest absolute Gasteiger partial charge is 0.494 e. The van der Waals surface area contributed by atoms with Crippen molar-refractivity contribution in [1.29, 1.82) is 0 Å². The molecule has 0 radical (unpaired) electrons. The minimum Gasteiger partial charge on any atom is -0.494 e. The van der Waals surface area contributed by atoms with Crippen molar-refractivity contribution in [1.82, 2.24) is 9.55 Å². The van der Waals surface area contributed by atoms with Gasteiger partial charge in [0.2, 0.25) is 5.88 Å². The Balaban J connectivity index is 2.09. The van der Waals surface area contributed by atoms with Crippen LogP contribution in [0.2, 0.25) is 0 Å². The van der Waals surface area contributed by atoms with E-state index in [1.807, 2.05) is 30.3 Å². The average Bonchev–Trinajstić information content (AvgIpc) is 3.02. The molecule has 2 heterocycles. The van der Waals surface area contributed by atoms with Gasteiger partial charge in [-0.05, 0) is 23.8 Å². The molecule has 0 saturated heterocycles. The molecule has 110 valence electrons. The number of allylic oxidation sites excluding steroid dienone is 2. The second kappa shape index (κ2) is 5.69. The Morgan fingerprint density at radius 1 is 1.23 bits per heavy atom. The van der Waals surface area contributed by atoms with E-state index >= 15 is 0 Å². The molecule has 1 aliphatic rings. The second-order valence-electron chi connectivity index (χ2n) is 4.77. The molecule has 1 aromatic heterocycles. The molecular weight excluding hydrogens is 282 g/mol. The number of aromatic hydroxyl groups is 1. The summed E-state index contributed by atoms with van der Waals surface area (Å²) in [6.07, 6.45) is 6.44. The van der Waals surface area contributed by atoms with Gasteiger partial charge in [0.1, 0.15) is 5.56 Å². The summed E-state index contributed by atoms with van der Waals surface area (Å²) < 4.78 is 1.12. The van der Waals surface area contributed by atoms with Crippen LogP contribution in [-0.4, -0.2) is 20.9 Å². The molecule has 1 aromatic carbocycles. The predicted octanol–water partition coefficient (Wildman–Crippen LogP) is 1.27. The molecule has 0 fully saturated rings. The Kier molecular flexibility index (Phi) is 3.57. The number of nitrogens with one attached hydrogen (secondary N) is 1. The van der Waals surface area contributed by atoms with Gasteiger partial charge in [-0.1, -0.05) is 30.3 Å². The number of H-pyrrole nitrogens is 1. The van der Waals surface area contributed by atoms with Gasteiger partial charge >= 0.3 is 5.69 Å². The molecule has 6 nitrogen and oxygen atoms in total. The lowest BCUT2D eigenvalue weighted by atomic mass is 10.2. The molecule has 0 atom stereocenters. The van der Waals surface area contributed by atoms with Crippen LogP contribution in [0.5, 0.6) is 5.88 Å². The molecule has 1 aliphatic heterocycles. The maximum Gasteiger partial charge on any atom is 0.331 e. The highest BCUT2D eigenvalue weighted by Gasteiger charge is 2.13. The first-order valence-corrected chi connectivity index (χ1v) is 6.67. The van der Waals surface area contributed by atoms with E-state index in [9.17, 15) is 14.7 Å². The summed E-state index contributed by atoms with van der Waals surface area (Å²) in [7, 11) is 0. The first kappa shape index (κ1) is 13.8. The van der Waals surface area contributed by atoms with Crippen molar-refractivity contribution in [3.05, 3.63) is 80.1 Å². The van der Waals surface area contributed by atoms with E-state index in [-0.39, 0.29) is 18.0 Å². The number of aliphatic imine (C=N–C) groups is 1. The lowest BCUT2D eigenvalue weighted by molar-refractivity contribution is 0.408. The van der Waals surface area contributed by atoms with E-state index in [0.717, 1.165) is 10.1 Å². The fourth-order valence-corrected chi connectivity index (χ4v) is 2.16. The van der Waals surface area contributed by atoms with Gasteiger partial charge in [-0.2, -0.15) is 0 Å². The molecule has 0 aliphatic carbocycles. The maximum absolute atomic E-state index is 11.9. The van der Waals surface area contributed by atoms with E-state index in [1.54, 1.807) is 18.4 Å². The number of nitrogens with zero attached hydrogens (tertiary/aromatic N) is 2. The summed E-state index contributed by atoms with van der Waals surface area (Å²) in [6, 6.07) is 9.20. The zero-order valence-corrected chi connectivity index (χ0v) is 11.6. The van der Waals surface area contributed by atoms with Gasteiger partial charge in [-0.25, -0.2) is 4.79 Å². The van der Waals surface area contributed by atoms with Crippen molar-refractivity contribution in [2.75, 3.05) is 0 Å². The van der Waals surface area contributed by atoms with Gasteiger partial charge in [0, 0.05) is 6.21 Å². The van der Waals surface area contributed by atoms with E-state index < -0.39 is 11.2 Å².